The highest BCUT2D eigenvalue weighted by molar-refractivity contribution is 5.88. The Morgan fingerprint density at radius 3 is 1.98 bits per heavy atom. The predicted octanol–water partition coefficient (Wildman–Crippen LogP) is 8.97. The fourth-order valence-electron chi connectivity index (χ4n) is 5.67. The zero-order valence-corrected chi connectivity index (χ0v) is 28.3. The van der Waals surface area contributed by atoms with E-state index in [2.05, 4.69) is 19.2 Å². The van der Waals surface area contributed by atoms with Crippen LogP contribution >= 0.6 is 0 Å². The molecule has 0 saturated heterocycles. The molecule has 0 fully saturated rings. The highest BCUT2D eigenvalue weighted by Crippen LogP contribution is 2.38. The number of benzene rings is 3. The molecule has 1 unspecified atom stereocenters. The van der Waals surface area contributed by atoms with Crippen LogP contribution in [-0.4, -0.2) is 30.9 Å². The van der Waals surface area contributed by atoms with E-state index in [4.69, 9.17) is 4.74 Å². The number of hydrogen-bond acceptors (Lipinski definition) is 7. The normalized spacial score (nSPS) is 12.1. The first-order valence-corrected chi connectivity index (χ1v) is 16.0. The van der Waals surface area contributed by atoms with Crippen molar-refractivity contribution in [2.45, 2.75) is 58.2 Å². The SMILES string of the molecule is CC(C)(c1ccc(OC(F)F)cc1)N(C(=O)OCc1ccccc1)c1ccc(C(Cc2cc[n+]([O-])cc2)c2ccc(OC(F)F)c(OC(F)F)c2)cn1. The third kappa shape index (κ3) is 10.1. The van der Waals surface area contributed by atoms with Gasteiger partial charge in [0.1, 0.15) is 18.2 Å². The van der Waals surface area contributed by atoms with Crippen LogP contribution in [0.2, 0.25) is 0 Å². The van der Waals surface area contributed by atoms with Gasteiger partial charge in [-0.15, -0.1) is 0 Å². The highest BCUT2D eigenvalue weighted by Gasteiger charge is 2.36. The van der Waals surface area contributed by atoms with Crippen molar-refractivity contribution < 1.29 is 54.8 Å². The van der Waals surface area contributed by atoms with Crippen LogP contribution in [0, 0.1) is 5.21 Å². The Hall–Kier alpha value is -5.99. The third-order valence-electron chi connectivity index (χ3n) is 8.25. The van der Waals surface area contributed by atoms with Gasteiger partial charge in [0.2, 0.25) is 0 Å². The Balaban J connectivity index is 1.54. The quantitative estimate of drug-likeness (QED) is 0.0601. The summed E-state index contributed by atoms with van der Waals surface area (Å²) in [5.41, 5.74) is 1.62. The fraction of sp³-hybridized carbons (Fsp3) is 0.237. The number of anilines is 1. The van der Waals surface area contributed by atoms with E-state index in [1.165, 1.54) is 53.8 Å². The van der Waals surface area contributed by atoms with E-state index in [0.29, 0.717) is 27.0 Å². The lowest BCUT2D eigenvalue weighted by Crippen LogP contribution is -2.46. The van der Waals surface area contributed by atoms with Gasteiger partial charge in [-0.25, -0.2) is 9.78 Å². The number of carbonyl (C=O) groups is 1. The van der Waals surface area contributed by atoms with Crippen LogP contribution in [0.5, 0.6) is 17.2 Å². The van der Waals surface area contributed by atoms with Gasteiger partial charge in [-0.1, -0.05) is 54.6 Å². The van der Waals surface area contributed by atoms with E-state index in [-0.39, 0.29) is 24.6 Å². The minimum absolute atomic E-state index is 0.0672. The molecule has 2 aromatic heterocycles. The summed E-state index contributed by atoms with van der Waals surface area (Å²) in [6.45, 7) is -6.31. The maximum absolute atomic E-state index is 13.9. The van der Waals surface area contributed by atoms with Crippen molar-refractivity contribution in [3.05, 3.63) is 149 Å². The second-order valence-corrected chi connectivity index (χ2v) is 12.1. The van der Waals surface area contributed by atoms with Gasteiger partial charge in [-0.05, 0) is 78.4 Å². The van der Waals surface area contributed by atoms with Gasteiger partial charge in [0.15, 0.2) is 23.9 Å². The number of halogens is 6. The third-order valence-corrected chi connectivity index (χ3v) is 8.25. The predicted molar refractivity (Wildman–Crippen MR) is 180 cm³/mol. The molecule has 0 radical (unpaired) electrons. The van der Waals surface area contributed by atoms with Crippen molar-refractivity contribution in [3.8, 4) is 17.2 Å². The molecule has 0 aliphatic heterocycles. The van der Waals surface area contributed by atoms with Gasteiger partial charge in [0.25, 0.3) is 0 Å². The lowest BCUT2D eigenvalue weighted by atomic mass is 9.86. The molecular formula is C38H33F6N3O6. The van der Waals surface area contributed by atoms with Gasteiger partial charge in [0.05, 0.1) is 5.54 Å². The van der Waals surface area contributed by atoms with Crippen molar-refractivity contribution in [1.82, 2.24) is 4.98 Å². The Bertz CT molecular complexity index is 1930. The molecule has 0 aliphatic carbocycles. The van der Waals surface area contributed by atoms with Gasteiger partial charge >= 0.3 is 25.9 Å². The number of nitrogens with zero attached hydrogens (tertiary/aromatic N) is 3. The maximum Gasteiger partial charge on any atom is 0.416 e. The molecule has 0 N–H and O–H groups in total. The monoisotopic (exact) mass is 741 g/mol. The molecule has 1 amide bonds. The van der Waals surface area contributed by atoms with E-state index >= 15 is 0 Å². The number of rotatable bonds is 15. The van der Waals surface area contributed by atoms with Crippen molar-refractivity contribution in [2.24, 2.45) is 0 Å². The zero-order valence-electron chi connectivity index (χ0n) is 28.3. The summed E-state index contributed by atoms with van der Waals surface area (Å²) in [5.74, 6) is -1.81. The summed E-state index contributed by atoms with van der Waals surface area (Å²) >= 11 is 0. The summed E-state index contributed by atoms with van der Waals surface area (Å²) in [7, 11) is 0. The molecule has 2 heterocycles. The number of alkyl halides is 6. The maximum atomic E-state index is 13.9. The van der Waals surface area contributed by atoms with E-state index < -0.39 is 48.9 Å². The molecule has 278 valence electrons. The lowest BCUT2D eigenvalue weighted by Gasteiger charge is -2.37. The summed E-state index contributed by atoms with van der Waals surface area (Å²) in [4.78, 5) is 19.8. The van der Waals surface area contributed by atoms with E-state index in [1.807, 2.05) is 6.07 Å². The first kappa shape index (κ1) is 38.2. The molecular weight excluding hydrogens is 708 g/mol. The van der Waals surface area contributed by atoms with E-state index in [1.54, 1.807) is 62.4 Å². The molecule has 5 rings (SSSR count). The summed E-state index contributed by atoms with van der Waals surface area (Å²) < 4.78 is 98.1. The zero-order chi connectivity index (χ0) is 38.1. The second kappa shape index (κ2) is 17.0. The van der Waals surface area contributed by atoms with Gasteiger partial charge in [0, 0.05) is 24.2 Å². The van der Waals surface area contributed by atoms with Gasteiger partial charge in [-0.3, -0.25) is 4.90 Å². The average Bonchev–Trinajstić information content (AvgIpc) is 3.12. The minimum Gasteiger partial charge on any atom is -0.619 e. The average molecular weight is 742 g/mol. The number of carbonyl (C=O) groups excluding carboxylic acids is 1. The van der Waals surface area contributed by atoms with Crippen LogP contribution in [0.4, 0.5) is 37.0 Å². The van der Waals surface area contributed by atoms with Crippen molar-refractivity contribution in [3.63, 3.8) is 0 Å². The molecule has 15 heteroatoms. The Labute approximate surface area is 300 Å². The molecule has 0 spiro atoms. The Morgan fingerprint density at radius 2 is 1.38 bits per heavy atom. The van der Waals surface area contributed by atoms with E-state index in [0.717, 1.165) is 17.7 Å². The summed E-state index contributed by atoms with van der Waals surface area (Å²) in [6, 6.07) is 24.7. The molecule has 0 saturated carbocycles. The molecule has 53 heavy (non-hydrogen) atoms. The minimum atomic E-state index is -3.34. The van der Waals surface area contributed by atoms with Gasteiger partial charge in [-0.2, -0.15) is 31.1 Å². The van der Waals surface area contributed by atoms with Crippen LogP contribution in [-0.2, 0) is 23.3 Å². The molecule has 0 aliphatic rings. The molecule has 1 atom stereocenters. The van der Waals surface area contributed by atoms with Crippen molar-refractivity contribution >= 4 is 11.9 Å². The Morgan fingerprint density at radius 1 is 0.755 bits per heavy atom. The molecule has 0 bridgehead atoms. The molecule has 9 nitrogen and oxygen atoms in total. The molecule has 5 aromatic rings. The van der Waals surface area contributed by atoms with Crippen LogP contribution < -0.4 is 23.8 Å². The standard InChI is InChI=1S/C38H33F6N3O6/c1-38(2,28-10-12-29(13-11-28)51-34(39)40)47(37(48)50-23-25-6-4-3-5-7-25)33-15-9-27(22-45-33)30(20-24-16-18-46(49)19-17-24)26-8-14-31(52-35(41)42)32(21-26)53-36(43)44/h3-19,21-22,30,34-36H,20,23H2,1-2H3. The second-order valence-electron chi connectivity index (χ2n) is 12.1. The lowest BCUT2D eigenvalue weighted by molar-refractivity contribution is -0.605. The van der Waals surface area contributed by atoms with Crippen molar-refractivity contribution in [2.75, 3.05) is 4.90 Å². The highest BCUT2D eigenvalue weighted by atomic mass is 19.3. The summed E-state index contributed by atoms with van der Waals surface area (Å²) in [6.07, 6.45) is 3.45. The Kier molecular flexibility index (Phi) is 12.3. The first-order valence-electron chi connectivity index (χ1n) is 16.0. The van der Waals surface area contributed by atoms with Crippen molar-refractivity contribution in [1.29, 1.82) is 0 Å². The van der Waals surface area contributed by atoms with Gasteiger partial charge < -0.3 is 24.2 Å². The largest absolute Gasteiger partial charge is 0.619 e. The van der Waals surface area contributed by atoms with Crippen LogP contribution in [0.1, 0.15) is 47.6 Å². The molecule has 3 aromatic carbocycles. The summed E-state index contributed by atoms with van der Waals surface area (Å²) in [5, 5.41) is 11.7. The van der Waals surface area contributed by atoms with Crippen LogP contribution in [0.3, 0.4) is 0 Å². The number of pyridine rings is 2. The number of aromatic nitrogens is 2. The number of amides is 1. The van der Waals surface area contributed by atoms with Crippen LogP contribution in [0.15, 0.2) is 116 Å². The van der Waals surface area contributed by atoms with Crippen LogP contribution in [0.25, 0.3) is 0 Å². The smallest absolute Gasteiger partial charge is 0.416 e. The number of hydrogen-bond donors (Lipinski definition) is 0. The van der Waals surface area contributed by atoms with E-state index in [9.17, 15) is 36.3 Å². The fourth-order valence-corrected chi connectivity index (χ4v) is 5.67. The first-order chi connectivity index (χ1) is 25.3. The topological polar surface area (TPSA) is 97.1 Å². The number of ether oxygens (including phenoxy) is 4.